The minimum atomic E-state index is 0.0866. The van der Waals surface area contributed by atoms with Gasteiger partial charge in [-0.15, -0.1) is 0 Å². The van der Waals surface area contributed by atoms with E-state index in [1.807, 2.05) is 18.2 Å². The van der Waals surface area contributed by atoms with Crippen LogP contribution in [0.25, 0.3) is 11.0 Å². The van der Waals surface area contributed by atoms with Gasteiger partial charge in [0, 0.05) is 29.3 Å². The molecule has 0 aliphatic carbocycles. The van der Waals surface area contributed by atoms with Gasteiger partial charge in [-0.25, -0.2) is 0 Å². The Balaban J connectivity index is 2.02. The van der Waals surface area contributed by atoms with Crippen molar-refractivity contribution in [2.75, 3.05) is 6.54 Å². The zero-order chi connectivity index (χ0) is 11.1. The van der Waals surface area contributed by atoms with Gasteiger partial charge < -0.3 is 9.73 Å². The molecule has 4 heteroatoms. The number of furan rings is 1. The van der Waals surface area contributed by atoms with Gasteiger partial charge in [0.2, 0.25) is 5.91 Å². The van der Waals surface area contributed by atoms with E-state index >= 15 is 0 Å². The molecule has 0 spiro atoms. The molecule has 1 N–H and O–H groups in total. The summed E-state index contributed by atoms with van der Waals surface area (Å²) in [6.45, 7) is 0.659. The lowest BCUT2D eigenvalue weighted by Crippen LogP contribution is -2.13. The van der Waals surface area contributed by atoms with Crippen LogP contribution in [0.15, 0.2) is 28.7 Å². The molecule has 1 aliphatic heterocycles. The summed E-state index contributed by atoms with van der Waals surface area (Å²) < 4.78 is 5.70. The maximum Gasteiger partial charge on any atom is 0.220 e. The number of hydrogen-bond acceptors (Lipinski definition) is 2. The van der Waals surface area contributed by atoms with Crippen LogP contribution in [-0.4, -0.2) is 12.5 Å². The van der Waals surface area contributed by atoms with E-state index in [1.165, 1.54) is 0 Å². The first-order valence-electron chi connectivity index (χ1n) is 5.18. The average Bonchev–Trinajstić information content (AvgIpc) is 2.83. The Morgan fingerprint density at radius 1 is 1.38 bits per heavy atom. The highest BCUT2D eigenvalue weighted by atomic mass is 35.5. The molecule has 1 aliphatic rings. The first-order chi connectivity index (χ1) is 7.72. The Morgan fingerprint density at radius 2 is 2.25 bits per heavy atom. The predicted molar refractivity (Wildman–Crippen MR) is 61.6 cm³/mol. The number of amides is 1. The normalized spacial score (nSPS) is 20.3. The van der Waals surface area contributed by atoms with Gasteiger partial charge in [-0.1, -0.05) is 11.6 Å². The lowest BCUT2D eigenvalue weighted by molar-refractivity contribution is -0.119. The van der Waals surface area contributed by atoms with Crippen molar-refractivity contribution in [3.8, 4) is 0 Å². The van der Waals surface area contributed by atoms with Crippen molar-refractivity contribution in [3.63, 3.8) is 0 Å². The van der Waals surface area contributed by atoms with E-state index < -0.39 is 0 Å². The topological polar surface area (TPSA) is 42.2 Å². The van der Waals surface area contributed by atoms with E-state index in [9.17, 15) is 4.79 Å². The second-order valence-corrected chi connectivity index (χ2v) is 4.47. The average molecular weight is 236 g/mol. The van der Waals surface area contributed by atoms with Gasteiger partial charge in [-0.3, -0.25) is 4.79 Å². The molecule has 1 aromatic heterocycles. The standard InChI is InChI=1S/C12H10ClNO2/c13-9-1-2-10-7(3-9)4-11(16-10)8-5-12(15)14-6-8/h1-4,8H,5-6H2,(H,14,15). The highest BCUT2D eigenvalue weighted by Crippen LogP contribution is 2.30. The third kappa shape index (κ3) is 1.57. The summed E-state index contributed by atoms with van der Waals surface area (Å²) in [4.78, 5) is 11.1. The van der Waals surface area contributed by atoms with Gasteiger partial charge in [0.1, 0.15) is 11.3 Å². The molecule has 2 heterocycles. The van der Waals surface area contributed by atoms with E-state index in [1.54, 1.807) is 6.07 Å². The van der Waals surface area contributed by atoms with Crippen LogP contribution in [0.2, 0.25) is 5.02 Å². The third-order valence-corrected chi connectivity index (χ3v) is 3.11. The Hall–Kier alpha value is -1.48. The summed E-state index contributed by atoms with van der Waals surface area (Å²) in [6.07, 6.45) is 0.507. The fraction of sp³-hybridized carbons (Fsp3) is 0.250. The van der Waals surface area contributed by atoms with E-state index in [0.29, 0.717) is 18.0 Å². The predicted octanol–water partition coefficient (Wildman–Crippen LogP) is 2.69. The van der Waals surface area contributed by atoms with Crippen molar-refractivity contribution in [2.24, 2.45) is 0 Å². The van der Waals surface area contributed by atoms with Crippen LogP contribution in [0.4, 0.5) is 0 Å². The number of rotatable bonds is 1. The fourth-order valence-electron chi connectivity index (χ4n) is 2.04. The van der Waals surface area contributed by atoms with E-state index in [2.05, 4.69) is 5.32 Å². The summed E-state index contributed by atoms with van der Waals surface area (Å²) in [5.41, 5.74) is 0.818. The van der Waals surface area contributed by atoms with Crippen LogP contribution in [0.1, 0.15) is 18.1 Å². The Bertz CT molecular complexity index is 561. The van der Waals surface area contributed by atoms with E-state index in [4.69, 9.17) is 16.0 Å². The summed E-state index contributed by atoms with van der Waals surface area (Å²) in [5.74, 6) is 1.10. The van der Waals surface area contributed by atoms with Crippen molar-refractivity contribution >= 4 is 28.5 Å². The fourth-order valence-corrected chi connectivity index (χ4v) is 2.22. The molecule has 1 fully saturated rings. The summed E-state index contributed by atoms with van der Waals surface area (Å²) in [5, 5.41) is 4.48. The molecule has 1 atom stereocenters. The number of halogens is 1. The Morgan fingerprint density at radius 3 is 3.00 bits per heavy atom. The molecule has 1 saturated heterocycles. The van der Waals surface area contributed by atoms with Gasteiger partial charge in [0.25, 0.3) is 0 Å². The Labute approximate surface area is 97.4 Å². The molecule has 0 saturated carbocycles. The number of carbonyl (C=O) groups is 1. The zero-order valence-electron chi connectivity index (χ0n) is 8.50. The monoisotopic (exact) mass is 235 g/mol. The molecule has 2 aromatic rings. The second-order valence-electron chi connectivity index (χ2n) is 4.04. The first kappa shape index (κ1) is 9.73. The van der Waals surface area contributed by atoms with Crippen LogP contribution >= 0.6 is 11.6 Å². The highest BCUT2D eigenvalue weighted by Gasteiger charge is 2.25. The van der Waals surface area contributed by atoms with Gasteiger partial charge in [-0.2, -0.15) is 0 Å². The minimum Gasteiger partial charge on any atom is -0.461 e. The molecule has 1 amide bonds. The zero-order valence-corrected chi connectivity index (χ0v) is 9.25. The molecule has 16 heavy (non-hydrogen) atoms. The summed E-state index contributed by atoms with van der Waals surface area (Å²) in [7, 11) is 0. The number of benzene rings is 1. The molecule has 1 unspecified atom stereocenters. The van der Waals surface area contributed by atoms with Crippen LogP contribution in [0.3, 0.4) is 0 Å². The van der Waals surface area contributed by atoms with Crippen molar-refractivity contribution in [3.05, 3.63) is 35.0 Å². The van der Waals surface area contributed by atoms with Crippen LogP contribution < -0.4 is 5.32 Å². The lowest BCUT2D eigenvalue weighted by Gasteiger charge is -2.00. The number of fused-ring (bicyclic) bond motifs is 1. The van der Waals surface area contributed by atoms with Crippen molar-refractivity contribution in [1.29, 1.82) is 0 Å². The van der Waals surface area contributed by atoms with Gasteiger partial charge >= 0.3 is 0 Å². The van der Waals surface area contributed by atoms with Crippen LogP contribution in [-0.2, 0) is 4.79 Å². The molecule has 0 radical (unpaired) electrons. The molecule has 3 nitrogen and oxygen atoms in total. The van der Waals surface area contributed by atoms with Crippen molar-refractivity contribution in [1.82, 2.24) is 5.32 Å². The third-order valence-electron chi connectivity index (χ3n) is 2.88. The minimum absolute atomic E-state index is 0.0866. The summed E-state index contributed by atoms with van der Waals surface area (Å²) in [6, 6.07) is 7.49. The van der Waals surface area contributed by atoms with E-state index in [-0.39, 0.29) is 11.8 Å². The largest absolute Gasteiger partial charge is 0.461 e. The van der Waals surface area contributed by atoms with E-state index in [0.717, 1.165) is 16.7 Å². The quantitative estimate of drug-likeness (QED) is 0.826. The first-order valence-corrected chi connectivity index (χ1v) is 5.56. The maximum absolute atomic E-state index is 11.1. The molecule has 1 aromatic carbocycles. The molecular weight excluding hydrogens is 226 g/mol. The number of nitrogens with one attached hydrogen (secondary N) is 1. The maximum atomic E-state index is 11.1. The van der Waals surface area contributed by atoms with Crippen molar-refractivity contribution in [2.45, 2.75) is 12.3 Å². The smallest absolute Gasteiger partial charge is 0.220 e. The molecule has 3 rings (SSSR count). The molecule has 0 bridgehead atoms. The highest BCUT2D eigenvalue weighted by molar-refractivity contribution is 6.31. The molecule has 82 valence electrons. The van der Waals surface area contributed by atoms with Crippen LogP contribution in [0.5, 0.6) is 0 Å². The van der Waals surface area contributed by atoms with Gasteiger partial charge in [0.05, 0.1) is 0 Å². The van der Waals surface area contributed by atoms with Gasteiger partial charge in [0.15, 0.2) is 0 Å². The number of carbonyl (C=O) groups excluding carboxylic acids is 1. The Kier molecular flexibility index (Phi) is 2.14. The summed E-state index contributed by atoms with van der Waals surface area (Å²) >= 11 is 5.90. The second kappa shape index (κ2) is 3.52. The number of hydrogen-bond donors (Lipinski definition) is 1. The lowest BCUT2D eigenvalue weighted by atomic mass is 10.1. The molecular formula is C12H10ClNO2. The van der Waals surface area contributed by atoms with Gasteiger partial charge in [-0.05, 0) is 24.3 Å². The van der Waals surface area contributed by atoms with Crippen molar-refractivity contribution < 1.29 is 9.21 Å². The van der Waals surface area contributed by atoms with Crippen LogP contribution in [0, 0.1) is 0 Å². The SMILES string of the molecule is O=C1CC(c2cc3cc(Cl)ccc3o2)CN1.